The number of hydrogen-bond acceptors (Lipinski definition) is 4. The number of aryl methyl sites for hydroxylation is 1. The van der Waals surface area contributed by atoms with Gasteiger partial charge in [-0.15, -0.1) is 11.8 Å². The summed E-state index contributed by atoms with van der Waals surface area (Å²) in [6.07, 6.45) is 4.75. The van der Waals surface area contributed by atoms with Crippen molar-refractivity contribution in [3.05, 3.63) is 125 Å². The molecule has 1 aliphatic rings. The zero-order chi connectivity index (χ0) is 26.5. The third-order valence-electron chi connectivity index (χ3n) is 6.45. The molecule has 3 aromatic carbocycles. The molecule has 6 heteroatoms. The van der Waals surface area contributed by atoms with Gasteiger partial charge in [0.25, 0.3) is 0 Å². The first kappa shape index (κ1) is 26.8. The lowest BCUT2D eigenvalue weighted by Gasteiger charge is -2.47. The number of phenols is 1. The maximum Gasteiger partial charge on any atom is 0.243 e. The van der Waals surface area contributed by atoms with Gasteiger partial charge < -0.3 is 15.1 Å². The van der Waals surface area contributed by atoms with Gasteiger partial charge in [0, 0.05) is 16.5 Å². The third kappa shape index (κ3) is 6.02. The summed E-state index contributed by atoms with van der Waals surface area (Å²) in [6, 6.07) is 22.3. The molecule has 0 spiro atoms. The van der Waals surface area contributed by atoms with E-state index >= 15 is 0 Å². The number of aliphatic hydroxyl groups excluding tert-OH is 1. The number of aliphatic hydroxyl groups is 1. The van der Waals surface area contributed by atoms with Crippen LogP contribution in [0.3, 0.4) is 0 Å². The summed E-state index contributed by atoms with van der Waals surface area (Å²) in [6.45, 7) is 7.65. The van der Waals surface area contributed by atoms with Gasteiger partial charge in [0.15, 0.2) is 0 Å². The molecule has 0 aliphatic carbocycles. The number of nitrogens with zero attached hydrogens (tertiary/aromatic N) is 1. The lowest BCUT2D eigenvalue weighted by Crippen LogP contribution is -2.57. The first-order valence-electron chi connectivity index (χ1n) is 12.1. The summed E-state index contributed by atoms with van der Waals surface area (Å²) in [7, 11) is 0. The standard InChI is InChI=1S/C31H30ClNO3S/c1-4-21(18-25(32)5-2)22-10-14-26(15-11-22)33-29(24-12-16-27(34)17-13-24)30(31(33)36)37-19-28(35)23-8-6-20(3)7-9-23/h4-18,28-30,34-35H,2,19H2,1,3H3/b21-4+,25-18+/t28?,29?,30-/m1/s1. The molecule has 2 N–H and O–H groups in total. The van der Waals surface area contributed by atoms with Crippen molar-refractivity contribution >= 4 is 40.5 Å². The van der Waals surface area contributed by atoms with Gasteiger partial charge in [-0.25, -0.2) is 0 Å². The predicted molar refractivity (Wildman–Crippen MR) is 155 cm³/mol. The lowest BCUT2D eigenvalue weighted by atomic mass is 9.92. The molecular formula is C31H30ClNO3S. The molecule has 1 aliphatic heterocycles. The molecule has 1 fully saturated rings. The molecule has 2 unspecified atom stereocenters. The van der Waals surface area contributed by atoms with E-state index in [-0.39, 0.29) is 22.9 Å². The van der Waals surface area contributed by atoms with Gasteiger partial charge in [-0.2, -0.15) is 0 Å². The Morgan fingerprint density at radius 1 is 1.08 bits per heavy atom. The number of anilines is 1. The first-order valence-corrected chi connectivity index (χ1v) is 13.5. The van der Waals surface area contributed by atoms with Gasteiger partial charge in [0.05, 0.1) is 12.1 Å². The van der Waals surface area contributed by atoms with Crippen molar-refractivity contribution in [3.63, 3.8) is 0 Å². The minimum Gasteiger partial charge on any atom is -0.508 e. The van der Waals surface area contributed by atoms with Crippen LogP contribution in [0.1, 0.15) is 41.3 Å². The maximum atomic E-state index is 13.4. The Morgan fingerprint density at radius 3 is 2.32 bits per heavy atom. The number of hydrogen-bond donors (Lipinski definition) is 2. The highest BCUT2D eigenvalue weighted by atomic mass is 35.5. The minimum absolute atomic E-state index is 0.00668. The molecule has 4 nitrogen and oxygen atoms in total. The van der Waals surface area contributed by atoms with E-state index in [1.807, 2.05) is 86.7 Å². The maximum absolute atomic E-state index is 13.4. The summed E-state index contributed by atoms with van der Waals surface area (Å²) in [4.78, 5) is 15.2. The second-order valence-corrected chi connectivity index (χ2v) is 10.6. The number of benzene rings is 3. The Kier molecular flexibility index (Phi) is 8.59. The molecule has 3 atom stereocenters. The number of β-lactam (4-membered cyclic amide) rings is 1. The second-order valence-electron chi connectivity index (χ2n) is 8.95. The first-order chi connectivity index (χ1) is 17.8. The van der Waals surface area contributed by atoms with Gasteiger partial charge in [-0.05, 0) is 66.5 Å². The molecular weight excluding hydrogens is 502 g/mol. The van der Waals surface area contributed by atoms with Gasteiger partial charge in [0.2, 0.25) is 5.91 Å². The number of carbonyl (C=O) groups excluding carboxylic acids is 1. The molecule has 0 bridgehead atoms. The highest BCUT2D eigenvalue weighted by Crippen LogP contribution is 2.46. The quantitative estimate of drug-likeness (QED) is 0.224. The van der Waals surface area contributed by atoms with Crippen LogP contribution in [0, 0.1) is 6.92 Å². The number of thioether (sulfide) groups is 1. The molecule has 4 rings (SSSR count). The van der Waals surface area contributed by atoms with Crippen molar-refractivity contribution < 1.29 is 15.0 Å². The van der Waals surface area contributed by atoms with Crippen LogP contribution in [0.4, 0.5) is 5.69 Å². The van der Waals surface area contributed by atoms with E-state index in [1.54, 1.807) is 23.1 Å². The molecule has 0 aromatic heterocycles. The Balaban J connectivity index is 1.56. The summed E-state index contributed by atoms with van der Waals surface area (Å²) < 4.78 is 0. The van der Waals surface area contributed by atoms with Crippen molar-refractivity contribution in [2.45, 2.75) is 31.2 Å². The summed E-state index contributed by atoms with van der Waals surface area (Å²) in [5, 5.41) is 20.7. The Hall–Kier alpha value is -3.25. The van der Waals surface area contributed by atoms with Crippen LogP contribution >= 0.6 is 23.4 Å². The average molecular weight is 532 g/mol. The third-order valence-corrected chi connectivity index (χ3v) is 8.04. The van der Waals surface area contributed by atoms with E-state index in [0.29, 0.717) is 10.8 Å². The van der Waals surface area contributed by atoms with Crippen LogP contribution < -0.4 is 4.90 Å². The summed E-state index contributed by atoms with van der Waals surface area (Å²) in [5.41, 5.74) is 5.63. The second kappa shape index (κ2) is 11.9. The van der Waals surface area contributed by atoms with Gasteiger partial charge in [0.1, 0.15) is 11.0 Å². The van der Waals surface area contributed by atoms with Crippen molar-refractivity contribution in [2.75, 3.05) is 10.7 Å². The van der Waals surface area contributed by atoms with E-state index in [2.05, 4.69) is 6.58 Å². The fourth-order valence-electron chi connectivity index (χ4n) is 4.34. The van der Waals surface area contributed by atoms with Crippen molar-refractivity contribution in [1.29, 1.82) is 0 Å². The van der Waals surface area contributed by atoms with Crippen molar-refractivity contribution in [1.82, 2.24) is 0 Å². The zero-order valence-corrected chi connectivity index (χ0v) is 22.4. The fraction of sp³-hybridized carbons (Fsp3) is 0.194. The molecule has 0 saturated carbocycles. The van der Waals surface area contributed by atoms with E-state index in [9.17, 15) is 15.0 Å². The van der Waals surface area contributed by atoms with Gasteiger partial charge in [-0.1, -0.05) is 84.4 Å². The fourth-order valence-corrected chi connectivity index (χ4v) is 5.76. The Morgan fingerprint density at radius 2 is 1.73 bits per heavy atom. The van der Waals surface area contributed by atoms with E-state index in [1.165, 1.54) is 11.8 Å². The summed E-state index contributed by atoms with van der Waals surface area (Å²) in [5.74, 6) is 0.573. The topological polar surface area (TPSA) is 60.8 Å². The molecule has 37 heavy (non-hydrogen) atoms. The van der Waals surface area contributed by atoms with Crippen molar-refractivity contribution in [3.8, 4) is 5.75 Å². The van der Waals surface area contributed by atoms with Crippen molar-refractivity contribution in [2.24, 2.45) is 0 Å². The zero-order valence-electron chi connectivity index (χ0n) is 20.8. The molecule has 1 saturated heterocycles. The van der Waals surface area contributed by atoms with Crippen LogP contribution in [0.5, 0.6) is 5.75 Å². The SMILES string of the molecule is C=C/C(Cl)=C\C(=C/C)c1ccc(N2C(=O)[C@H](SCC(O)c3ccc(C)cc3)C2c2ccc(O)cc2)cc1. The van der Waals surface area contributed by atoms with Gasteiger partial charge >= 0.3 is 0 Å². The monoisotopic (exact) mass is 531 g/mol. The lowest BCUT2D eigenvalue weighted by molar-refractivity contribution is -0.123. The van der Waals surface area contributed by atoms with Crippen LogP contribution in [-0.4, -0.2) is 27.1 Å². The van der Waals surface area contributed by atoms with E-state index < -0.39 is 6.10 Å². The number of aromatic hydroxyl groups is 1. The number of phenolic OH excluding ortho intramolecular Hbond substituents is 1. The smallest absolute Gasteiger partial charge is 0.243 e. The van der Waals surface area contributed by atoms with Crippen LogP contribution in [0.15, 0.2) is 103 Å². The Bertz CT molecular complexity index is 1310. The van der Waals surface area contributed by atoms with Crippen LogP contribution in [0.25, 0.3) is 5.57 Å². The molecule has 0 radical (unpaired) electrons. The molecule has 1 amide bonds. The van der Waals surface area contributed by atoms with Gasteiger partial charge in [-0.3, -0.25) is 4.79 Å². The number of rotatable bonds is 9. The number of allylic oxidation sites excluding steroid dienone is 5. The molecule has 3 aromatic rings. The van der Waals surface area contributed by atoms with E-state index in [0.717, 1.165) is 33.5 Å². The normalized spacial score (nSPS) is 18.9. The average Bonchev–Trinajstić information content (AvgIpc) is 2.91. The summed E-state index contributed by atoms with van der Waals surface area (Å²) >= 11 is 7.60. The number of carbonyl (C=O) groups is 1. The molecule has 190 valence electrons. The molecule has 1 heterocycles. The van der Waals surface area contributed by atoms with Crippen LogP contribution in [0.2, 0.25) is 0 Å². The highest BCUT2D eigenvalue weighted by molar-refractivity contribution is 8.00. The van der Waals surface area contributed by atoms with Crippen LogP contribution in [-0.2, 0) is 4.79 Å². The predicted octanol–water partition coefficient (Wildman–Crippen LogP) is 7.34. The number of halogens is 1. The Labute approximate surface area is 227 Å². The minimum atomic E-state index is -0.665. The highest BCUT2D eigenvalue weighted by Gasteiger charge is 2.49. The number of amides is 1. The largest absolute Gasteiger partial charge is 0.508 e. The van der Waals surface area contributed by atoms with E-state index in [4.69, 9.17) is 11.6 Å².